The number of benzene rings is 2. The quantitative estimate of drug-likeness (QED) is 0.606. The van der Waals surface area contributed by atoms with Gasteiger partial charge in [-0.25, -0.2) is 4.79 Å². The summed E-state index contributed by atoms with van der Waals surface area (Å²) in [5.41, 5.74) is 2.17. The van der Waals surface area contributed by atoms with Crippen molar-refractivity contribution < 1.29 is 24.2 Å². The van der Waals surface area contributed by atoms with Gasteiger partial charge < -0.3 is 14.6 Å². The fraction of sp³-hybridized carbons (Fsp3) is 0.333. The largest absolute Gasteiger partial charge is 0.493 e. The molecule has 0 radical (unpaired) electrons. The zero-order valence-electron chi connectivity index (χ0n) is 14.5. The molecular formula is C21H22O5. The number of rotatable bonds is 7. The zero-order valence-corrected chi connectivity index (χ0v) is 14.5. The summed E-state index contributed by atoms with van der Waals surface area (Å²) in [6, 6.07) is 13.3. The first-order chi connectivity index (χ1) is 12.7. The van der Waals surface area contributed by atoms with Crippen molar-refractivity contribution in [1.82, 2.24) is 0 Å². The van der Waals surface area contributed by atoms with Crippen LogP contribution in [0.5, 0.6) is 5.75 Å². The molecule has 5 heteroatoms. The lowest BCUT2D eigenvalue weighted by Gasteiger charge is -2.14. The average Bonchev–Trinajstić information content (AvgIpc) is 2.87. The minimum Gasteiger partial charge on any atom is -0.493 e. The fourth-order valence-electron chi connectivity index (χ4n) is 3.28. The van der Waals surface area contributed by atoms with E-state index in [4.69, 9.17) is 9.47 Å². The standard InChI is InChI=1S/C21H22O5/c22-13-19-18(21(23)24)7-6-17-12-15(9-11-26-20(17)19)8-10-25-14-16-4-2-1-3-5-16/h1-7,13,15H,8-12,14H2,(H,23,24). The molecule has 1 aliphatic heterocycles. The first-order valence-corrected chi connectivity index (χ1v) is 8.78. The number of aldehydes is 1. The van der Waals surface area contributed by atoms with E-state index in [1.165, 1.54) is 6.07 Å². The number of carboxylic acid groups (broad SMARTS) is 1. The molecule has 0 bridgehead atoms. The predicted octanol–water partition coefficient (Wildman–Crippen LogP) is 3.75. The van der Waals surface area contributed by atoms with Gasteiger partial charge in [-0.1, -0.05) is 36.4 Å². The number of carboxylic acids is 1. The summed E-state index contributed by atoms with van der Waals surface area (Å²) in [7, 11) is 0. The van der Waals surface area contributed by atoms with E-state index in [9.17, 15) is 14.7 Å². The van der Waals surface area contributed by atoms with Crippen LogP contribution in [0.2, 0.25) is 0 Å². The van der Waals surface area contributed by atoms with E-state index in [1.54, 1.807) is 6.07 Å². The molecule has 0 saturated heterocycles. The van der Waals surface area contributed by atoms with E-state index in [2.05, 4.69) is 0 Å². The van der Waals surface area contributed by atoms with Gasteiger partial charge in [-0.15, -0.1) is 0 Å². The highest BCUT2D eigenvalue weighted by molar-refractivity contribution is 5.99. The normalized spacial score (nSPS) is 16.2. The third kappa shape index (κ3) is 4.29. The SMILES string of the molecule is O=Cc1c(C(=O)O)ccc2c1OCCC(CCOCc1ccccc1)C2. The Kier molecular flexibility index (Phi) is 6.02. The molecule has 0 fully saturated rings. The third-order valence-corrected chi connectivity index (χ3v) is 4.69. The molecule has 0 saturated carbocycles. The van der Waals surface area contributed by atoms with Crippen LogP contribution in [0.3, 0.4) is 0 Å². The van der Waals surface area contributed by atoms with Crippen LogP contribution in [-0.4, -0.2) is 30.6 Å². The molecule has 1 heterocycles. The monoisotopic (exact) mass is 354 g/mol. The molecule has 3 rings (SSSR count). The summed E-state index contributed by atoms with van der Waals surface area (Å²) < 4.78 is 11.5. The van der Waals surface area contributed by atoms with E-state index in [1.807, 2.05) is 30.3 Å². The van der Waals surface area contributed by atoms with Gasteiger partial charge >= 0.3 is 5.97 Å². The van der Waals surface area contributed by atoms with E-state index in [-0.39, 0.29) is 11.1 Å². The Bertz CT molecular complexity index is 769. The molecule has 2 aromatic rings. The van der Waals surface area contributed by atoms with E-state index in [0.717, 1.165) is 30.4 Å². The first-order valence-electron chi connectivity index (χ1n) is 8.78. The Balaban J connectivity index is 1.61. The van der Waals surface area contributed by atoms with Gasteiger partial charge in [0.15, 0.2) is 6.29 Å². The van der Waals surface area contributed by atoms with E-state index in [0.29, 0.717) is 37.8 Å². The molecule has 26 heavy (non-hydrogen) atoms. The number of ether oxygens (including phenoxy) is 2. The van der Waals surface area contributed by atoms with Crippen LogP contribution in [0.1, 0.15) is 44.7 Å². The lowest BCUT2D eigenvalue weighted by molar-refractivity contribution is 0.0693. The molecule has 1 unspecified atom stereocenters. The van der Waals surface area contributed by atoms with Gasteiger partial charge in [0.2, 0.25) is 0 Å². The molecule has 1 atom stereocenters. The summed E-state index contributed by atoms with van der Waals surface area (Å²) >= 11 is 0. The van der Waals surface area contributed by atoms with Crippen LogP contribution >= 0.6 is 0 Å². The van der Waals surface area contributed by atoms with Crippen LogP contribution in [0.15, 0.2) is 42.5 Å². The van der Waals surface area contributed by atoms with Gasteiger partial charge in [-0.3, -0.25) is 4.79 Å². The fourth-order valence-corrected chi connectivity index (χ4v) is 3.28. The maximum Gasteiger partial charge on any atom is 0.336 e. The molecular weight excluding hydrogens is 332 g/mol. The minimum absolute atomic E-state index is 0.0107. The Morgan fingerprint density at radius 1 is 1.23 bits per heavy atom. The summed E-state index contributed by atoms with van der Waals surface area (Å²) in [5, 5.41) is 9.23. The summed E-state index contributed by atoms with van der Waals surface area (Å²) in [5.74, 6) is -0.316. The van der Waals surface area contributed by atoms with Crippen molar-refractivity contribution in [2.24, 2.45) is 5.92 Å². The average molecular weight is 354 g/mol. The number of fused-ring (bicyclic) bond motifs is 1. The number of hydrogen-bond donors (Lipinski definition) is 1. The van der Waals surface area contributed by atoms with E-state index < -0.39 is 5.97 Å². The van der Waals surface area contributed by atoms with Crippen LogP contribution < -0.4 is 4.74 Å². The van der Waals surface area contributed by atoms with E-state index >= 15 is 0 Å². The first kappa shape index (κ1) is 18.1. The van der Waals surface area contributed by atoms with Crippen LogP contribution in [0.25, 0.3) is 0 Å². The smallest absolute Gasteiger partial charge is 0.336 e. The molecule has 0 spiro atoms. The molecule has 5 nitrogen and oxygen atoms in total. The minimum atomic E-state index is -1.12. The Labute approximate surface area is 152 Å². The van der Waals surface area contributed by atoms with Gasteiger partial charge in [0.05, 0.1) is 24.3 Å². The van der Waals surface area contributed by atoms with Crippen molar-refractivity contribution in [1.29, 1.82) is 0 Å². The second-order valence-corrected chi connectivity index (χ2v) is 6.47. The highest BCUT2D eigenvalue weighted by Gasteiger charge is 2.23. The Morgan fingerprint density at radius 2 is 2.04 bits per heavy atom. The molecule has 1 N–H and O–H groups in total. The van der Waals surface area contributed by atoms with Crippen LogP contribution in [0, 0.1) is 5.92 Å². The Morgan fingerprint density at radius 3 is 2.77 bits per heavy atom. The van der Waals surface area contributed by atoms with Crippen molar-refractivity contribution in [3.8, 4) is 5.75 Å². The lowest BCUT2D eigenvalue weighted by Crippen LogP contribution is -2.09. The molecule has 2 aromatic carbocycles. The number of aromatic carboxylic acids is 1. The summed E-state index contributed by atoms with van der Waals surface area (Å²) in [6.45, 7) is 1.72. The maximum atomic E-state index is 11.4. The van der Waals surface area contributed by atoms with Gasteiger partial charge in [0, 0.05) is 6.61 Å². The van der Waals surface area contributed by atoms with Crippen molar-refractivity contribution in [3.05, 3.63) is 64.7 Å². The van der Waals surface area contributed by atoms with Gasteiger partial charge in [-0.2, -0.15) is 0 Å². The summed E-state index contributed by atoms with van der Waals surface area (Å²) in [6.07, 6.45) is 3.08. The highest BCUT2D eigenvalue weighted by Crippen LogP contribution is 2.33. The predicted molar refractivity (Wildman–Crippen MR) is 96.8 cm³/mol. The number of hydrogen-bond acceptors (Lipinski definition) is 4. The number of carbonyl (C=O) groups is 2. The topological polar surface area (TPSA) is 72.8 Å². The second-order valence-electron chi connectivity index (χ2n) is 6.47. The molecule has 0 aromatic heterocycles. The van der Waals surface area contributed by atoms with Crippen molar-refractivity contribution in [2.45, 2.75) is 25.9 Å². The number of carbonyl (C=O) groups excluding carboxylic acids is 1. The van der Waals surface area contributed by atoms with Gasteiger partial charge in [-0.05, 0) is 42.4 Å². The summed E-state index contributed by atoms with van der Waals surface area (Å²) in [4.78, 5) is 22.7. The van der Waals surface area contributed by atoms with Crippen LogP contribution in [0.4, 0.5) is 0 Å². The maximum absolute atomic E-state index is 11.4. The molecule has 136 valence electrons. The van der Waals surface area contributed by atoms with Gasteiger partial charge in [0.1, 0.15) is 5.75 Å². The molecule has 0 amide bonds. The highest BCUT2D eigenvalue weighted by atomic mass is 16.5. The lowest BCUT2D eigenvalue weighted by atomic mass is 9.92. The van der Waals surface area contributed by atoms with Gasteiger partial charge in [0.25, 0.3) is 0 Å². The van der Waals surface area contributed by atoms with Crippen molar-refractivity contribution >= 4 is 12.3 Å². The zero-order chi connectivity index (χ0) is 18.4. The Hall–Kier alpha value is -2.66. The molecule has 1 aliphatic rings. The third-order valence-electron chi connectivity index (χ3n) is 4.69. The van der Waals surface area contributed by atoms with Crippen LogP contribution in [-0.2, 0) is 17.8 Å². The van der Waals surface area contributed by atoms with Crippen molar-refractivity contribution in [2.75, 3.05) is 13.2 Å². The molecule has 0 aliphatic carbocycles. The second kappa shape index (κ2) is 8.63. The van der Waals surface area contributed by atoms with Crippen molar-refractivity contribution in [3.63, 3.8) is 0 Å².